The Morgan fingerprint density at radius 1 is 0.245 bits per heavy atom. The topological polar surface area (TPSA) is 118 Å². The molecule has 4 heterocycles. The van der Waals surface area contributed by atoms with Crippen LogP contribution in [-0.2, 0) is 0 Å². The summed E-state index contributed by atoms with van der Waals surface area (Å²) in [6.45, 7) is 0. The SMILES string of the molecule is Brc1ccc(-c2nc(-c3ccc(-c4ccccc4)cc3)nc(-c3ccccc3-c3ccccc3)n2)cc1.[2H]c1cccc2c1sc1c(-c3ccc(-c4nc(-c5ccc(-c6ccccc6)cc5)nc(-c5ccccc5-c5ccccc5)n4)cc3)cccc12.[2H]c1cccc2c1sc1c(B(O)O)cccc12. The Morgan fingerprint density at radius 2 is 0.529 bits per heavy atom. The van der Waals surface area contributed by atoms with Crippen molar-refractivity contribution in [1.82, 2.24) is 29.9 Å². The van der Waals surface area contributed by atoms with Gasteiger partial charge in [0.15, 0.2) is 34.9 Å². The van der Waals surface area contributed by atoms with Gasteiger partial charge in [-0.3, -0.25) is 0 Å². The van der Waals surface area contributed by atoms with Crippen molar-refractivity contribution < 1.29 is 12.8 Å². The summed E-state index contributed by atoms with van der Waals surface area (Å²) in [7, 11) is -1.47. The van der Waals surface area contributed by atoms with Gasteiger partial charge in [-0.15, -0.1) is 22.7 Å². The molecular formula is C90H60BBrN6O2S2. The average Bonchev–Trinajstić information content (AvgIpc) is 1.58. The van der Waals surface area contributed by atoms with E-state index < -0.39 is 7.12 Å². The quantitative estimate of drug-likeness (QED) is 0.116. The van der Waals surface area contributed by atoms with Crippen LogP contribution >= 0.6 is 38.6 Å². The van der Waals surface area contributed by atoms with Crippen LogP contribution in [0.1, 0.15) is 2.74 Å². The zero-order chi connectivity index (χ0) is 70.5. The lowest BCUT2D eigenvalue weighted by Gasteiger charge is -2.12. The number of fused-ring (bicyclic) bond motifs is 6. The number of halogens is 1. The Bertz CT molecular complexity index is 6100. The van der Waals surface area contributed by atoms with E-state index in [2.05, 4.69) is 228 Å². The van der Waals surface area contributed by atoms with Crippen LogP contribution in [0.4, 0.5) is 0 Å². The van der Waals surface area contributed by atoms with Crippen molar-refractivity contribution in [1.29, 1.82) is 0 Å². The third-order valence-electron chi connectivity index (χ3n) is 17.8. The van der Waals surface area contributed by atoms with Gasteiger partial charge in [-0.05, 0) is 90.7 Å². The largest absolute Gasteiger partial charge is 0.489 e. The molecule has 0 aliphatic heterocycles. The highest BCUT2D eigenvalue weighted by Gasteiger charge is 2.21. The van der Waals surface area contributed by atoms with Gasteiger partial charge in [0, 0.05) is 72.8 Å². The van der Waals surface area contributed by atoms with E-state index in [0.29, 0.717) is 52.5 Å². The molecule has 0 atom stereocenters. The summed E-state index contributed by atoms with van der Waals surface area (Å²) in [5, 5.41) is 23.0. The summed E-state index contributed by atoms with van der Waals surface area (Å²) in [6, 6.07) is 116. The van der Waals surface area contributed by atoms with Gasteiger partial charge in [-0.2, -0.15) is 0 Å². The number of thiophene rings is 2. The van der Waals surface area contributed by atoms with Gasteiger partial charge in [0.2, 0.25) is 0 Å². The monoisotopic (exact) mass is 1410 g/mol. The van der Waals surface area contributed by atoms with Gasteiger partial charge < -0.3 is 10.0 Å². The highest BCUT2D eigenvalue weighted by molar-refractivity contribution is 9.10. The fourth-order valence-electron chi connectivity index (χ4n) is 12.7. The van der Waals surface area contributed by atoms with Gasteiger partial charge in [-0.25, -0.2) is 29.9 Å². The first kappa shape index (κ1) is 62.3. The molecule has 12 heteroatoms. The van der Waals surface area contributed by atoms with E-state index in [4.69, 9.17) is 32.6 Å². The molecule has 0 radical (unpaired) electrons. The minimum absolute atomic E-state index is 0.474. The average molecular weight is 1410 g/mol. The third kappa shape index (κ3) is 13.8. The van der Waals surface area contributed by atoms with E-state index in [-0.39, 0.29) is 0 Å². The summed E-state index contributed by atoms with van der Waals surface area (Å²) < 4.78 is 21.3. The molecule has 484 valence electrons. The lowest BCUT2D eigenvalue weighted by atomic mass is 9.80. The predicted octanol–water partition coefficient (Wildman–Crippen LogP) is 22.9. The molecule has 0 bridgehead atoms. The van der Waals surface area contributed by atoms with Gasteiger partial charge >= 0.3 is 7.12 Å². The summed E-state index contributed by atoms with van der Waals surface area (Å²) >= 11 is 6.65. The summed E-state index contributed by atoms with van der Waals surface area (Å²) in [6.07, 6.45) is 0. The normalized spacial score (nSPS) is 11.4. The summed E-state index contributed by atoms with van der Waals surface area (Å²) in [5.74, 6) is 3.80. The summed E-state index contributed by atoms with van der Waals surface area (Å²) in [4.78, 5) is 30.0. The first-order valence-electron chi connectivity index (χ1n) is 34.3. The molecule has 0 amide bonds. The van der Waals surface area contributed by atoms with E-state index in [0.717, 1.165) is 113 Å². The van der Waals surface area contributed by atoms with E-state index >= 15 is 0 Å². The number of nitrogens with zero attached hydrogens (tertiary/aromatic N) is 6. The highest BCUT2D eigenvalue weighted by atomic mass is 79.9. The molecule has 0 aliphatic rings. The Morgan fingerprint density at radius 3 is 0.951 bits per heavy atom. The number of aromatic nitrogens is 6. The van der Waals surface area contributed by atoms with Gasteiger partial charge in [0.05, 0.1) is 2.74 Å². The maximum absolute atomic E-state index is 9.33. The van der Waals surface area contributed by atoms with Gasteiger partial charge in [-0.1, -0.05) is 344 Å². The van der Waals surface area contributed by atoms with Gasteiger partial charge in [0.1, 0.15) is 0 Å². The Hall–Kier alpha value is -12.0. The molecule has 0 saturated carbocycles. The molecule has 0 fully saturated rings. The minimum Gasteiger partial charge on any atom is -0.423 e. The number of benzene rings is 14. The molecule has 0 aliphatic carbocycles. The van der Waals surface area contributed by atoms with Gasteiger partial charge in [0.25, 0.3) is 0 Å². The lowest BCUT2D eigenvalue weighted by molar-refractivity contribution is 0.426. The van der Waals surface area contributed by atoms with E-state index in [1.54, 1.807) is 29.5 Å². The maximum Gasteiger partial charge on any atom is 0.489 e. The number of hydrogen-bond acceptors (Lipinski definition) is 10. The number of hydrogen-bond donors (Lipinski definition) is 2. The second-order valence-electron chi connectivity index (χ2n) is 24.2. The van der Waals surface area contributed by atoms with Crippen molar-refractivity contribution in [2.45, 2.75) is 0 Å². The van der Waals surface area contributed by atoms with Crippen LogP contribution < -0.4 is 5.46 Å². The number of rotatable bonds is 12. The minimum atomic E-state index is -1.47. The predicted molar refractivity (Wildman–Crippen MR) is 429 cm³/mol. The maximum atomic E-state index is 9.33. The Labute approximate surface area is 610 Å². The van der Waals surface area contributed by atoms with Crippen LogP contribution in [0.5, 0.6) is 0 Å². The van der Waals surface area contributed by atoms with Crippen LogP contribution in [-0.4, -0.2) is 47.1 Å². The molecule has 14 aromatic carbocycles. The molecule has 18 aromatic rings. The van der Waals surface area contributed by atoms with Crippen LogP contribution in [0.2, 0.25) is 0 Å². The first-order chi connectivity index (χ1) is 51.1. The van der Waals surface area contributed by atoms with Crippen molar-refractivity contribution >= 4 is 91.5 Å². The molecule has 102 heavy (non-hydrogen) atoms. The molecule has 4 aromatic heterocycles. The first-order valence-corrected chi connectivity index (χ1v) is 35.7. The molecule has 18 rings (SSSR count). The molecular weight excluding hydrogens is 1350 g/mol. The fourth-order valence-corrected chi connectivity index (χ4v) is 15.4. The zero-order valence-electron chi connectivity index (χ0n) is 56.7. The van der Waals surface area contributed by atoms with E-state index in [1.807, 2.05) is 109 Å². The van der Waals surface area contributed by atoms with Crippen LogP contribution in [0, 0.1) is 0 Å². The van der Waals surface area contributed by atoms with Crippen molar-refractivity contribution in [3.8, 4) is 124 Å². The van der Waals surface area contributed by atoms with Crippen LogP contribution in [0.3, 0.4) is 0 Å². The standard InChI is InChI=1S/C45H29N3S.C33H22BrN3.C12H9BO2S/c1-3-12-30(13-4-1)31-22-26-34(27-23-31)43-46-44(48-45(47-43)40-18-8-7-16-36(40)32-14-5-2-6-15-32)35-28-24-33(25-29-35)37-19-11-20-39-38-17-9-10-21-41(38)49-42(37)39;34-28-21-19-27(20-22-28)32-35-31(26-17-15-24(16-18-26)23-9-3-1-4-10-23)36-33(37-32)30-14-8-7-13-29(30)25-11-5-2-6-12-25;14-13(15)10-6-3-5-9-8-4-1-2-7-11(8)16-12(9)10/h1-29H;1-22H;1-7,14-15H/i21D;;7D. The third-order valence-corrected chi connectivity index (χ3v) is 20.7. The van der Waals surface area contributed by atoms with Crippen molar-refractivity contribution in [3.05, 3.63) is 356 Å². The zero-order valence-corrected chi connectivity index (χ0v) is 57.9. The van der Waals surface area contributed by atoms with E-state index in [1.165, 1.54) is 32.5 Å². The second kappa shape index (κ2) is 29.4. The van der Waals surface area contributed by atoms with Crippen molar-refractivity contribution in [2.75, 3.05) is 0 Å². The van der Waals surface area contributed by atoms with E-state index in [9.17, 15) is 10.0 Å². The Kier molecular flexibility index (Phi) is 18.0. The summed E-state index contributed by atoms with van der Waals surface area (Å²) in [5.41, 5.74) is 17.4. The molecule has 0 saturated heterocycles. The molecule has 0 spiro atoms. The molecule has 0 unspecified atom stereocenters. The molecule has 8 nitrogen and oxygen atoms in total. The smallest absolute Gasteiger partial charge is 0.423 e. The van der Waals surface area contributed by atoms with Crippen molar-refractivity contribution in [2.24, 2.45) is 0 Å². The second-order valence-corrected chi connectivity index (χ2v) is 27.2. The lowest BCUT2D eigenvalue weighted by Crippen LogP contribution is -2.29. The van der Waals surface area contributed by atoms with Crippen molar-refractivity contribution in [3.63, 3.8) is 0 Å². The van der Waals surface area contributed by atoms with Crippen LogP contribution in [0.15, 0.2) is 356 Å². The molecule has 2 N–H and O–H groups in total. The Balaban J connectivity index is 0.000000134. The fraction of sp³-hybridized carbons (Fsp3) is 0. The highest BCUT2D eigenvalue weighted by Crippen LogP contribution is 2.42. The van der Waals surface area contributed by atoms with Crippen LogP contribution in [0.25, 0.3) is 164 Å².